The van der Waals surface area contributed by atoms with Crippen molar-refractivity contribution in [2.45, 2.75) is 142 Å². The van der Waals surface area contributed by atoms with E-state index in [0.29, 0.717) is 76.8 Å². The van der Waals surface area contributed by atoms with Crippen molar-refractivity contribution in [3.05, 3.63) is 113 Å². The molecule has 0 spiro atoms. The molecule has 0 radical (unpaired) electrons. The molecule has 1 unspecified atom stereocenters. The Kier molecular flexibility index (Phi) is 22.6. The Morgan fingerprint density at radius 1 is 0.764 bits per heavy atom. The lowest BCUT2D eigenvalue weighted by atomic mass is 9.46. The predicted molar refractivity (Wildman–Crippen MR) is 334 cm³/mol. The molecule has 3 aromatic carbocycles. The maximum atomic E-state index is 14.8. The number of hydrogen-bond donors (Lipinski definition) is 5. The second-order valence-electron chi connectivity index (χ2n) is 25.0. The van der Waals surface area contributed by atoms with Gasteiger partial charge in [0.2, 0.25) is 35.3 Å². The molecule has 11 atom stereocenters. The molecule has 2 heterocycles. The Bertz CT molecular complexity index is 3110. The lowest BCUT2D eigenvalue weighted by Crippen LogP contribution is -2.63. The van der Waals surface area contributed by atoms with E-state index < -0.39 is 58.8 Å². The van der Waals surface area contributed by atoms with E-state index in [-0.39, 0.29) is 98.6 Å². The molecule has 2 aliphatic heterocycles. The third-order valence-electron chi connectivity index (χ3n) is 18.8. The van der Waals surface area contributed by atoms with Gasteiger partial charge in [-0.1, -0.05) is 107 Å². The summed E-state index contributed by atoms with van der Waals surface area (Å²) in [4.78, 5) is 94.5. The fourth-order valence-corrected chi connectivity index (χ4v) is 14.3. The minimum absolute atomic E-state index is 0.00489. The first kappa shape index (κ1) is 66.5. The standard InChI is InChI=1S/C69H89N5O15/c1-7-12-62-88-58-40-54-53-24-19-49-39-51(75)27-29-67(49,5)63(53)56(76)41-68(54,6)69(58,89-62)57(77)43-87-52-22-20-50(21-23-52)72-65(81)45(4)71-66(82)64(44(2)3)73-60(79)28-31-83-33-35-85-37-38-86-36-34-84-32-30-70-59(78)25-26-61(80)74-42-48-15-9-8-13-46(48)17-18-47-14-10-11-16-55(47)74/h8-11,13-18,20-23,27,29,39,44-45,53-54,56,58,62-64,76H,7,12,19,24-26,28,30-38,40-43H2,1-6H3,(H,70,78)(H,71,82)(H,72,81)(H,73,79)/b18-17-/t45-,53?,54-,56-,58+,62+,63+,64-,67-,68-,69+/m0/s1. The first-order valence-electron chi connectivity index (χ1n) is 31.7. The number of benzene rings is 3. The van der Waals surface area contributed by atoms with Crippen molar-refractivity contribution in [3.63, 3.8) is 0 Å². The van der Waals surface area contributed by atoms with Crippen LogP contribution in [0, 0.1) is 34.5 Å². The average molecular weight is 1230 g/mol. The SMILES string of the molecule is CCC[C@@H]1O[C@@H]2C[C@H]3C4CCC5=CC(=O)C=C[C@]5(C)[C@H]4[C@@H](O)C[C@]3(C)[C@]2(C(=O)COc2ccc(NC(=O)[C@H](C)NC(=O)[C@@H](NC(=O)CCOCCOCCOCCOCCNC(=O)CCC(=O)N3Cc4ccccc4/C=C\c4ccccc43)C(C)C)cc2)O1. The molecule has 0 bridgehead atoms. The van der Waals surface area contributed by atoms with Crippen LogP contribution in [0.3, 0.4) is 0 Å². The summed E-state index contributed by atoms with van der Waals surface area (Å²) in [5.41, 5.74) is 2.81. The monoisotopic (exact) mass is 1230 g/mol. The zero-order valence-corrected chi connectivity index (χ0v) is 52.3. The van der Waals surface area contributed by atoms with Crippen LogP contribution in [0.15, 0.2) is 96.6 Å². The highest BCUT2D eigenvalue weighted by atomic mass is 16.7. The summed E-state index contributed by atoms with van der Waals surface area (Å²) in [5.74, 6) is -1.90. The summed E-state index contributed by atoms with van der Waals surface area (Å²) in [5, 5.41) is 23.2. The number of ether oxygens (including phenoxy) is 7. The summed E-state index contributed by atoms with van der Waals surface area (Å²) in [6.07, 6.45) is 11.7. The number of fused-ring (bicyclic) bond motifs is 9. The van der Waals surface area contributed by atoms with E-state index in [1.165, 1.54) is 0 Å². The van der Waals surface area contributed by atoms with Gasteiger partial charge >= 0.3 is 0 Å². The van der Waals surface area contributed by atoms with Gasteiger partial charge in [0.1, 0.15) is 24.4 Å². The van der Waals surface area contributed by atoms with Crippen LogP contribution < -0.4 is 30.9 Å². The minimum Gasteiger partial charge on any atom is -0.486 e. The van der Waals surface area contributed by atoms with E-state index in [0.717, 1.165) is 47.2 Å². The molecule has 9 rings (SSSR count). The van der Waals surface area contributed by atoms with Gasteiger partial charge in [-0.3, -0.25) is 33.6 Å². The molecule has 6 aliphatic rings. The smallest absolute Gasteiger partial charge is 0.246 e. The van der Waals surface area contributed by atoms with E-state index in [4.69, 9.17) is 33.2 Å². The van der Waals surface area contributed by atoms with Crippen molar-refractivity contribution in [3.8, 4) is 5.75 Å². The lowest BCUT2D eigenvalue weighted by molar-refractivity contribution is -0.200. The van der Waals surface area contributed by atoms with E-state index in [1.54, 1.807) is 62.1 Å². The molecule has 4 aliphatic carbocycles. The molecule has 480 valence electrons. The second-order valence-corrected chi connectivity index (χ2v) is 25.0. The lowest BCUT2D eigenvalue weighted by Gasteiger charge is -2.59. The molecule has 3 aromatic rings. The Labute approximate surface area is 522 Å². The number of aliphatic hydroxyl groups is 1. The van der Waals surface area contributed by atoms with Gasteiger partial charge < -0.3 is 64.4 Å². The fraction of sp³-hybridized carbons (Fsp3) is 0.551. The number of ketones is 2. The Balaban J connectivity index is 0.611. The van der Waals surface area contributed by atoms with Crippen molar-refractivity contribution in [1.29, 1.82) is 0 Å². The summed E-state index contributed by atoms with van der Waals surface area (Å²) < 4.78 is 41.8. The summed E-state index contributed by atoms with van der Waals surface area (Å²) >= 11 is 0. The van der Waals surface area contributed by atoms with Gasteiger partial charge in [0, 0.05) is 48.2 Å². The fourth-order valence-electron chi connectivity index (χ4n) is 14.3. The number of aliphatic hydroxyl groups excluding tert-OH is 1. The molecule has 1 saturated heterocycles. The first-order chi connectivity index (χ1) is 42.8. The van der Waals surface area contributed by atoms with Crippen LogP contribution in [0.5, 0.6) is 5.75 Å². The second kappa shape index (κ2) is 30.3. The van der Waals surface area contributed by atoms with Crippen LogP contribution in [0.25, 0.3) is 12.2 Å². The van der Waals surface area contributed by atoms with Crippen molar-refractivity contribution >= 4 is 64.6 Å². The number of allylic oxidation sites excluding steroid dienone is 4. The Hall–Kier alpha value is -6.91. The summed E-state index contributed by atoms with van der Waals surface area (Å²) in [7, 11) is 0. The predicted octanol–water partition coefficient (Wildman–Crippen LogP) is 7.46. The highest BCUT2D eigenvalue weighted by Crippen LogP contribution is 2.70. The Morgan fingerprint density at radius 2 is 1.44 bits per heavy atom. The van der Waals surface area contributed by atoms with Gasteiger partial charge in [-0.25, -0.2) is 0 Å². The van der Waals surface area contributed by atoms with Gasteiger partial charge in [0.05, 0.1) is 77.3 Å². The number of nitrogens with zero attached hydrogens (tertiary/aromatic N) is 1. The van der Waals surface area contributed by atoms with Crippen molar-refractivity contribution in [2.24, 2.45) is 34.5 Å². The molecule has 5 amide bonds. The van der Waals surface area contributed by atoms with E-state index in [1.807, 2.05) is 67.6 Å². The van der Waals surface area contributed by atoms with Gasteiger partial charge in [-0.2, -0.15) is 0 Å². The minimum atomic E-state index is -1.33. The summed E-state index contributed by atoms with van der Waals surface area (Å²) in [6.45, 7) is 14.1. The van der Waals surface area contributed by atoms with Gasteiger partial charge in [-0.05, 0) is 116 Å². The van der Waals surface area contributed by atoms with E-state index in [2.05, 4.69) is 41.2 Å². The number of nitrogens with one attached hydrogen (secondary N) is 4. The molecule has 5 N–H and O–H groups in total. The highest BCUT2D eigenvalue weighted by Gasteiger charge is 2.76. The van der Waals surface area contributed by atoms with Crippen LogP contribution in [-0.4, -0.2) is 148 Å². The van der Waals surface area contributed by atoms with Gasteiger partial charge in [0.15, 0.2) is 17.7 Å². The first-order valence-corrected chi connectivity index (χ1v) is 31.7. The quantitative estimate of drug-likeness (QED) is 0.0406. The summed E-state index contributed by atoms with van der Waals surface area (Å²) in [6, 6.07) is 20.4. The molecule has 20 heteroatoms. The number of carbonyl (C=O) groups excluding carboxylic acids is 7. The molecule has 3 saturated carbocycles. The number of Topliss-reactive ketones (excluding diaryl/α,β-unsaturated/α-hetero) is 1. The third kappa shape index (κ3) is 15.5. The molecule has 89 heavy (non-hydrogen) atoms. The number of rotatable bonds is 30. The van der Waals surface area contributed by atoms with E-state index >= 15 is 0 Å². The molecular formula is C69H89N5O15. The topological polar surface area (TPSA) is 256 Å². The van der Waals surface area contributed by atoms with Crippen LogP contribution >= 0.6 is 0 Å². The Morgan fingerprint density at radius 3 is 2.16 bits per heavy atom. The van der Waals surface area contributed by atoms with Crippen molar-refractivity contribution in [2.75, 3.05) is 76.2 Å². The number of carbonyl (C=O) groups is 7. The molecule has 0 aromatic heterocycles. The van der Waals surface area contributed by atoms with Crippen molar-refractivity contribution < 1.29 is 71.8 Å². The van der Waals surface area contributed by atoms with Gasteiger partial charge in [0.25, 0.3) is 0 Å². The molecular weight excluding hydrogens is 1140 g/mol. The largest absolute Gasteiger partial charge is 0.486 e. The van der Waals surface area contributed by atoms with Crippen LogP contribution in [0.4, 0.5) is 11.4 Å². The zero-order valence-electron chi connectivity index (χ0n) is 52.3. The number of hydrogen-bond acceptors (Lipinski definition) is 15. The number of para-hydroxylation sites is 1. The van der Waals surface area contributed by atoms with E-state index in [9.17, 15) is 38.7 Å². The van der Waals surface area contributed by atoms with Crippen LogP contribution in [0.1, 0.15) is 116 Å². The number of anilines is 2. The van der Waals surface area contributed by atoms with Crippen LogP contribution in [-0.2, 0) is 68.5 Å². The average Bonchev–Trinajstić information content (AvgIpc) is 1.56. The highest BCUT2D eigenvalue weighted by molar-refractivity contribution is 6.02. The molecule has 20 nitrogen and oxygen atoms in total. The normalized spacial score (nSPS) is 26.5. The maximum absolute atomic E-state index is 14.8. The zero-order chi connectivity index (χ0) is 63.3. The van der Waals surface area contributed by atoms with Crippen LogP contribution in [0.2, 0.25) is 0 Å². The molecule has 4 fully saturated rings. The van der Waals surface area contributed by atoms with Crippen molar-refractivity contribution in [1.82, 2.24) is 16.0 Å². The maximum Gasteiger partial charge on any atom is 0.246 e. The number of amides is 5. The third-order valence-corrected chi connectivity index (χ3v) is 18.8. The van der Waals surface area contributed by atoms with Gasteiger partial charge in [-0.15, -0.1) is 0 Å².